The van der Waals surface area contributed by atoms with Gasteiger partial charge in [0, 0.05) is 35.8 Å². The topological polar surface area (TPSA) is 112 Å². The van der Waals surface area contributed by atoms with E-state index in [1.54, 1.807) is 12.1 Å². The Bertz CT molecular complexity index is 1210. The molecule has 0 aliphatic heterocycles. The maximum atomic E-state index is 14.8. The normalized spacial score (nSPS) is 14.9. The van der Waals surface area contributed by atoms with Gasteiger partial charge in [0.1, 0.15) is 11.6 Å². The lowest BCUT2D eigenvalue weighted by molar-refractivity contribution is 0.586. The van der Waals surface area contributed by atoms with Gasteiger partial charge in [-0.25, -0.2) is 26.9 Å². The zero-order valence-electron chi connectivity index (χ0n) is 17.6. The number of anilines is 3. The van der Waals surface area contributed by atoms with Gasteiger partial charge in [-0.05, 0) is 43.5 Å². The number of benzene rings is 1. The molecule has 0 amide bonds. The van der Waals surface area contributed by atoms with E-state index in [1.807, 2.05) is 13.0 Å². The Morgan fingerprint density at radius 2 is 1.88 bits per heavy atom. The highest BCUT2D eigenvalue weighted by molar-refractivity contribution is 7.88. The molecule has 1 fully saturated rings. The molecule has 32 heavy (non-hydrogen) atoms. The maximum Gasteiger partial charge on any atom is 0.209 e. The second-order valence-electron chi connectivity index (χ2n) is 7.95. The second-order valence-corrected chi connectivity index (χ2v) is 9.78. The minimum atomic E-state index is -3.49. The van der Waals surface area contributed by atoms with Gasteiger partial charge < -0.3 is 10.6 Å². The van der Waals surface area contributed by atoms with Crippen molar-refractivity contribution >= 4 is 27.5 Å². The number of sulfonamides is 1. The molecule has 1 aliphatic rings. The van der Waals surface area contributed by atoms with Gasteiger partial charge in [-0.3, -0.25) is 5.10 Å². The number of rotatable bonds is 9. The molecule has 1 aromatic carbocycles. The SMILES string of the molecule is C[C@H](Nc1nc(Nc2cc(C3CC3)[nH]n2)c(F)cc1CNS(C)(=O)=O)c1ccc(F)cc1. The van der Waals surface area contributed by atoms with E-state index in [0.29, 0.717) is 23.1 Å². The highest BCUT2D eigenvalue weighted by Crippen LogP contribution is 2.39. The maximum absolute atomic E-state index is 14.8. The molecule has 0 unspecified atom stereocenters. The first-order valence-corrected chi connectivity index (χ1v) is 12.1. The number of nitrogens with one attached hydrogen (secondary N) is 4. The molecule has 3 aromatic rings. The summed E-state index contributed by atoms with van der Waals surface area (Å²) in [7, 11) is -3.49. The Morgan fingerprint density at radius 1 is 1.16 bits per heavy atom. The van der Waals surface area contributed by atoms with Gasteiger partial charge in [-0.1, -0.05) is 12.1 Å². The summed E-state index contributed by atoms with van der Waals surface area (Å²) < 4.78 is 53.5. The molecule has 4 N–H and O–H groups in total. The molecule has 0 bridgehead atoms. The van der Waals surface area contributed by atoms with Gasteiger partial charge in [0.15, 0.2) is 17.5 Å². The molecule has 0 saturated heterocycles. The van der Waals surface area contributed by atoms with Crippen LogP contribution in [-0.2, 0) is 16.6 Å². The summed E-state index contributed by atoms with van der Waals surface area (Å²) in [5, 5.41) is 13.1. The minimum absolute atomic E-state index is 0.0456. The van der Waals surface area contributed by atoms with Crippen molar-refractivity contribution in [2.45, 2.75) is 38.3 Å². The van der Waals surface area contributed by atoms with Gasteiger partial charge in [0.2, 0.25) is 10.0 Å². The first-order valence-electron chi connectivity index (χ1n) is 10.2. The average molecular weight is 463 g/mol. The van der Waals surface area contributed by atoms with Crippen LogP contribution in [0.15, 0.2) is 36.4 Å². The van der Waals surface area contributed by atoms with E-state index in [2.05, 4.69) is 30.5 Å². The fourth-order valence-corrected chi connectivity index (χ4v) is 3.67. The summed E-state index contributed by atoms with van der Waals surface area (Å²) >= 11 is 0. The predicted octanol–water partition coefficient (Wildman–Crippen LogP) is 3.93. The lowest BCUT2D eigenvalue weighted by Crippen LogP contribution is -2.23. The van der Waals surface area contributed by atoms with Gasteiger partial charge in [0.05, 0.1) is 6.26 Å². The van der Waals surface area contributed by atoms with Crippen molar-refractivity contribution in [2.24, 2.45) is 0 Å². The van der Waals surface area contributed by atoms with Crippen molar-refractivity contribution < 1.29 is 17.2 Å². The lowest BCUT2D eigenvalue weighted by atomic mass is 10.1. The van der Waals surface area contributed by atoms with Gasteiger partial charge >= 0.3 is 0 Å². The largest absolute Gasteiger partial charge is 0.363 e. The molecule has 1 atom stereocenters. The predicted molar refractivity (Wildman–Crippen MR) is 118 cm³/mol. The van der Waals surface area contributed by atoms with E-state index in [0.717, 1.165) is 30.4 Å². The molecule has 4 rings (SSSR count). The summed E-state index contributed by atoms with van der Waals surface area (Å²) in [4.78, 5) is 4.36. The molecule has 2 aromatic heterocycles. The van der Waals surface area contributed by atoms with Crippen molar-refractivity contribution in [3.8, 4) is 0 Å². The zero-order valence-corrected chi connectivity index (χ0v) is 18.4. The highest BCUT2D eigenvalue weighted by atomic mass is 32.2. The third-order valence-electron chi connectivity index (χ3n) is 5.16. The average Bonchev–Trinajstić information content (AvgIpc) is 3.48. The van der Waals surface area contributed by atoms with Gasteiger partial charge in [-0.2, -0.15) is 5.10 Å². The molecular formula is C21H24F2N6O2S. The van der Waals surface area contributed by atoms with Crippen molar-refractivity contribution in [1.82, 2.24) is 19.9 Å². The zero-order chi connectivity index (χ0) is 22.9. The molecule has 2 heterocycles. The van der Waals surface area contributed by atoms with E-state index in [4.69, 9.17) is 0 Å². The van der Waals surface area contributed by atoms with Crippen molar-refractivity contribution in [1.29, 1.82) is 0 Å². The molecule has 0 spiro atoms. The molecule has 0 radical (unpaired) electrons. The Morgan fingerprint density at radius 3 is 2.53 bits per heavy atom. The quantitative estimate of drug-likeness (QED) is 0.383. The monoisotopic (exact) mass is 462 g/mol. The molecule has 11 heteroatoms. The standard InChI is InChI=1S/C21H24F2N6O2S/c1-12(13-5-7-16(22)8-6-13)25-20-15(11-24-32(2,30)31)9-17(23)21(27-20)26-19-10-18(28-29-19)14-3-4-14/h5-10,12,14,24H,3-4,11H2,1-2H3,(H3,25,26,27,28,29)/t12-/m0/s1. The van der Waals surface area contributed by atoms with E-state index in [-0.39, 0.29) is 24.2 Å². The number of aromatic amines is 1. The molecule has 1 aliphatic carbocycles. The third-order valence-corrected chi connectivity index (χ3v) is 5.83. The fraction of sp³-hybridized carbons (Fsp3) is 0.333. The van der Waals surface area contributed by atoms with Crippen LogP contribution >= 0.6 is 0 Å². The van der Waals surface area contributed by atoms with Crippen LogP contribution < -0.4 is 15.4 Å². The summed E-state index contributed by atoms with van der Waals surface area (Å²) in [6, 6.07) is 8.71. The Labute approximate surface area is 184 Å². The Hall–Kier alpha value is -3.05. The fourth-order valence-electron chi connectivity index (χ4n) is 3.25. The molecule has 1 saturated carbocycles. The van der Waals surface area contributed by atoms with Crippen LogP contribution in [0.4, 0.5) is 26.2 Å². The van der Waals surface area contributed by atoms with E-state index >= 15 is 0 Å². The van der Waals surface area contributed by atoms with Crippen LogP contribution in [0.25, 0.3) is 0 Å². The van der Waals surface area contributed by atoms with Gasteiger partial charge in [-0.15, -0.1) is 0 Å². The summed E-state index contributed by atoms with van der Waals surface area (Å²) in [5.41, 5.74) is 2.11. The van der Waals surface area contributed by atoms with Crippen LogP contribution in [0, 0.1) is 11.6 Å². The van der Waals surface area contributed by atoms with Crippen LogP contribution in [-0.4, -0.2) is 29.9 Å². The number of H-pyrrole nitrogens is 1. The van der Waals surface area contributed by atoms with Gasteiger partial charge in [0.25, 0.3) is 0 Å². The third kappa shape index (κ3) is 5.60. The molecular weight excluding hydrogens is 438 g/mol. The van der Waals surface area contributed by atoms with E-state index < -0.39 is 15.8 Å². The smallest absolute Gasteiger partial charge is 0.209 e. The molecule has 8 nitrogen and oxygen atoms in total. The number of hydrogen-bond donors (Lipinski definition) is 4. The number of nitrogens with zero attached hydrogens (tertiary/aromatic N) is 2. The van der Waals surface area contributed by atoms with E-state index in [1.165, 1.54) is 18.2 Å². The van der Waals surface area contributed by atoms with Crippen molar-refractivity contribution in [3.05, 3.63) is 64.9 Å². The van der Waals surface area contributed by atoms with Crippen LogP contribution in [0.5, 0.6) is 0 Å². The Kier molecular flexibility index (Phi) is 6.11. The number of aromatic nitrogens is 3. The second kappa shape index (κ2) is 8.83. The van der Waals surface area contributed by atoms with Crippen molar-refractivity contribution in [3.63, 3.8) is 0 Å². The van der Waals surface area contributed by atoms with Crippen LogP contribution in [0.3, 0.4) is 0 Å². The van der Waals surface area contributed by atoms with Crippen LogP contribution in [0.2, 0.25) is 0 Å². The van der Waals surface area contributed by atoms with E-state index in [9.17, 15) is 17.2 Å². The first kappa shape index (κ1) is 22.2. The summed E-state index contributed by atoms with van der Waals surface area (Å²) in [6.07, 6.45) is 3.23. The minimum Gasteiger partial charge on any atom is -0.363 e. The number of halogens is 2. The molecule has 170 valence electrons. The lowest BCUT2D eigenvalue weighted by Gasteiger charge is -2.19. The number of hydrogen-bond acceptors (Lipinski definition) is 6. The summed E-state index contributed by atoms with van der Waals surface area (Å²) in [6.45, 7) is 1.70. The highest BCUT2D eigenvalue weighted by Gasteiger charge is 2.26. The van der Waals surface area contributed by atoms with Crippen LogP contribution in [0.1, 0.15) is 48.5 Å². The van der Waals surface area contributed by atoms with Crippen molar-refractivity contribution in [2.75, 3.05) is 16.9 Å². The Balaban J connectivity index is 1.61. The first-order chi connectivity index (χ1) is 15.2. The summed E-state index contributed by atoms with van der Waals surface area (Å²) in [5.74, 6) is 0.156. The number of pyridine rings is 1.